The first-order chi connectivity index (χ1) is 15.1. The van der Waals surface area contributed by atoms with Crippen molar-refractivity contribution < 1.29 is 22.6 Å². The van der Waals surface area contributed by atoms with Crippen molar-refractivity contribution in [1.29, 1.82) is 0 Å². The first-order valence-electron chi connectivity index (χ1n) is 10.1. The minimum absolute atomic E-state index is 0.206. The summed E-state index contributed by atoms with van der Waals surface area (Å²) in [5, 5.41) is 0. The van der Waals surface area contributed by atoms with Crippen molar-refractivity contribution >= 4 is 10.0 Å². The molecule has 4 rings (SSSR count). The van der Waals surface area contributed by atoms with Gasteiger partial charge in [0.25, 0.3) is 0 Å². The summed E-state index contributed by atoms with van der Waals surface area (Å²) in [6, 6.07) is 22.3. The summed E-state index contributed by atoms with van der Waals surface area (Å²) < 4.78 is 44.7. The van der Waals surface area contributed by atoms with E-state index in [-0.39, 0.29) is 18.0 Å². The summed E-state index contributed by atoms with van der Waals surface area (Å²) in [5.41, 5.74) is 2.90. The topological polar surface area (TPSA) is 65.1 Å². The predicted octanol–water partition coefficient (Wildman–Crippen LogP) is 4.00. The van der Waals surface area contributed by atoms with Gasteiger partial charge in [0.2, 0.25) is 10.0 Å². The molecule has 0 spiro atoms. The highest BCUT2D eigenvalue weighted by Gasteiger charge is 2.28. The van der Waals surface area contributed by atoms with Gasteiger partial charge in [0.05, 0.1) is 25.2 Å². The van der Waals surface area contributed by atoms with Gasteiger partial charge in [-0.15, -0.1) is 0 Å². The summed E-state index contributed by atoms with van der Waals surface area (Å²) in [4.78, 5) is 0.206. The van der Waals surface area contributed by atoms with E-state index < -0.39 is 10.0 Å². The Bertz CT molecular complexity index is 1130. The van der Waals surface area contributed by atoms with E-state index >= 15 is 0 Å². The van der Waals surface area contributed by atoms with Crippen LogP contribution in [0, 0.1) is 0 Å². The number of sulfonamides is 1. The Hall–Kier alpha value is -2.87. The molecule has 162 valence electrons. The average Bonchev–Trinajstić information content (AvgIpc) is 3.02. The van der Waals surface area contributed by atoms with Crippen molar-refractivity contribution in [3.05, 3.63) is 89.5 Å². The van der Waals surface area contributed by atoms with Crippen molar-refractivity contribution in [2.45, 2.75) is 24.7 Å². The molecule has 7 heteroatoms. The van der Waals surface area contributed by atoms with Gasteiger partial charge in [0.1, 0.15) is 18.1 Å². The predicted molar refractivity (Wildman–Crippen MR) is 117 cm³/mol. The van der Waals surface area contributed by atoms with Crippen LogP contribution >= 0.6 is 0 Å². The van der Waals surface area contributed by atoms with E-state index in [9.17, 15) is 8.42 Å². The maximum atomic E-state index is 13.2. The fraction of sp³-hybridized carbons (Fsp3) is 0.250. The Labute approximate surface area is 183 Å². The summed E-state index contributed by atoms with van der Waals surface area (Å²) in [6.45, 7) is 1.76. The lowest BCUT2D eigenvalue weighted by atomic mass is 10.1. The van der Waals surface area contributed by atoms with E-state index in [0.717, 1.165) is 16.7 Å². The Kier molecular flexibility index (Phi) is 6.56. The van der Waals surface area contributed by atoms with Gasteiger partial charge in [-0.2, -0.15) is 4.31 Å². The van der Waals surface area contributed by atoms with Gasteiger partial charge < -0.3 is 14.2 Å². The van der Waals surface area contributed by atoms with Crippen LogP contribution in [-0.2, 0) is 34.5 Å². The van der Waals surface area contributed by atoms with Crippen LogP contribution < -0.4 is 9.47 Å². The molecule has 1 aliphatic heterocycles. The number of nitrogens with zero attached hydrogens (tertiary/aromatic N) is 1. The molecule has 0 fully saturated rings. The van der Waals surface area contributed by atoms with Gasteiger partial charge in [0.15, 0.2) is 0 Å². The number of hydrogen-bond acceptors (Lipinski definition) is 5. The number of fused-ring (bicyclic) bond motifs is 1. The van der Waals surface area contributed by atoms with E-state index in [4.69, 9.17) is 14.2 Å². The zero-order valence-electron chi connectivity index (χ0n) is 17.4. The molecule has 0 unspecified atom stereocenters. The van der Waals surface area contributed by atoms with Crippen LogP contribution in [-0.4, -0.2) is 33.0 Å². The van der Waals surface area contributed by atoms with Gasteiger partial charge in [-0.3, -0.25) is 0 Å². The Morgan fingerprint density at radius 3 is 2.55 bits per heavy atom. The minimum Gasteiger partial charge on any atom is -0.497 e. The lowest BCUT2D eigenvalue weighted by Gasteiger charge is -2.20. The highest BCUT2D eigenvalue weighted by Crippen LogP contribution is 2.29. The molecule has 3 aromatic carbocycles. The summed E-state index contributed by atoms with van der Waals surface area (Å²) in [5.74, 6) is 1.21. The molecule has 0 bridgehead atoms. The van der Waals surface area contributed by atoms with E-state index in [0.29, 0.717) is 31.3 Å². The first-order valence-corrected chi connectivity index (χ1v) is 11.5. The van der Waals surface area contributed by atoms with Crippen molar-refractivity contribution in [3.8, 4) is 11.5 Å². The van der Waals surface area contributed by atoms with E-state index in [1.165, 1.54) is 17.5 Å². The van der Waals surface area contributed by atoms with Crippen molar-refractivity contribution in [2.24, 2.45) is 0 Å². The van der Waals surface area contributed by atoms with Gasteiger partial charge in [0, 0.05) is 24.7 Å². The third-order valence-corrected chi connectivity index (χ3v) is 6.97. The van der Waals surface area contributed by atoms with Crippen LogP contribution in [0.3, 0.4) is 0 Å². The molecule has 1 aliphatic rings. The number of methoxy groups -OCH3 is 1. The summed E-state index contributed by atoms with van der Waals surface area (Å²) >= 11 is 0. The molecule has 1 heterocycles. The molecule has 6 nitrogen and oxygen atoms in total. The molecule has 0 N–H and O–H groups in total. The largest absolute Gasteiger partial charge is 0.497 e. The summed E-state index contributed by atoms with van der Waals surface area (Å²) in [7, 11) is -2.17. The van der Waals surface area contributed by atoms with Crippen LogP contribution in [0.15, 0.2) is 77.7 Å². The zero-order chi connectivity index (χ0) is 21.7. The SMILES string of the molecule is COc1cccc(S(=O)(=O)N2CCOc3ccc(COCc4ccccc4)cc3C2)c1. The van der Waals surface area contributed by atoms with Gasteiger partial charge >= 0.3 is 0 Å². The molecule has 31 heavy (non-hydrogen) atoms. The molecule has 3 aromatic rings. The number of rotatable bonds is 7. The molecule has 0 aliphatic carbocycles. The fourth-order valence-electron chi connectivity index (χ4n) is 3.49. The Balaban J connectivity index is 1.50. The standard InChI is InChI=1S/C24H25NO5S/c1-28-22-8-5-9-23(15-22)31(26,27)25-12-13-30-24-11-10-20(14-21(24)16-25)18-29-17-19-6-3-2-4-7-19/h2-11,14-15H,12-13,16-18H2,1H3. The van der Waals surface area contributed by atoms with Crippen molar-refractivity contribution in [3.63, 3.8) is 0 Å². The second-order valence-corrected chi connectivity index (χ2v) is 9.22. The van der Waals surface area contributed by atoms with Crippen molar-refractivity contribution in [2.75, 3.05) is 20.3 Å². The van der Waals surface area contributed by atoms with Gasteiger partial charge in [-0.05, 0) is 35.4 Å². The monoisotopic (exact) mass is 439 g/mol. The first kappa shape index (κ1) is 21.4. The van der Waals surface area contributed by atoms with Gasteiger partial charge in [-0.1, -0.05) is 42.5 Å². The second kappa shape index (κ2) is 9.51. The molecule has 0 saturated heterocycles. The molecule has 0 saturated carbocycles. The van der Waals surface area contributed by atoms with E-state index in [1.54, 1.807) is 18.2 Å². The van der Waals surface area contributed by atoms with Crippen molar-refractivity contribution in [1.82, 2.24) is 4.31 Å². The fourth-order valence-corrected chi connectivity index (χ4v) is 4.93. The molecule has 0 aromatic heterocycles. The van der Waals surface area contributed by atoms with E-state index in [1.807, 2.05) is 48.5 Å². The number of benzene rings is 3. The number of ether oxygens (including phenoxy) is 3. The van der Waals surface area contributed by atoms with E-state index in [2.05, 4.69) is 0 Å². The Morgan fingerprint density at radius 1 is 0.935 bits per heavy atom. The third kappa shape index (κ3) is 5.07. The minimum atomic E-state index is -3.68. The molecular formula is C24H25NO5S. The molecule has 0 atom stereocenters. The van der Waals surface area contributed by atoms with Crippen LogP contribution in [0.2, 0.25) is 0 Å². The zero-order valence-corrected chi connectivity index (χ0v) is 18.2. The van der Waals surface area contributed by atoms with Gasteiger partial charge in [-0.25, -0.2) is 8.42 Å². The van der Waals surface area contributed by atoms with Crippen LogP contribution in [0.5, 0.6) is 11.5 Å². The summed E-state index contributed by atoms with van der Waals surface area (Å²) in [6.07, 6.45) is 0. The van der Waals surface area contributed by atoms with Crippen LogP contribution in [0.1, 0.15) is 16.7 Å². The molecular weight excluding hydrogens is 414 g/mol. The Morgan fingerprint density at radius 2 is 1.74 bits per heavy atom. The molecule has 0 radical (unpaired) electrons. The van der Waals surface area contributed by atoms with Crippen LogP contribution in [0.4, 0.5) is 0 Å². The third-order valence-electron chi connectivity index (χ3n) is 5.13. The highest BCUT2D eigenvalue weighted by molar-refractivity contribution is 7.89. The molecule has 0 amide bonds. The normalized spacial score (nSPS) is 14.4. The lowest BCUT2D eigenvalue weighted by Crippen LogP contribution is -2.32. The average molecular weight is 440 g/mol. The highest BCUT2D eigenvalue weighted by atomic mass is 32.2. The lowest BCUT2D eigenvalue weighted by molar-refractivity contribution is 0.107. The van der Waals surface area contributed by atoms with Crippen LogP contribution in [0.25, 0.3) is 0 Å². The maximum absolute atomic E-state index is 13.2. The smallest absolute Gasteiger partial charge is 0.243 e. The quantitative estimate of drug-likeness (QED) is 0.557. The second-order valence-electron chi connectivity index (χ2n) is 7.29. The number of hydrogen-bond donors (Lipinski definition) is 0. The maximum Gasteiger partial charge on any atom is 0.243 e.